The van der Waals surface area contributed by atoms with Crippen molar-refractivity contribution in [1.29, 1.82) is 0 Å². The third kappa shape index (κ3) is 7.00. The molecule has 0 radical (unpaired) electrons. The van der Waals surface area contributed by atoms with E-state index in [2.05, 4.69) is 60.6 Å². The zero-order valence-corrected chi connectivity index (χ0v) is 16.6. The van der Waals surface area contributed by atoms with E-state index in [0.29, 0.717) is 12.1 Å². The molecule has 0 amide bonds. The Morgan fingerprint density at radius 3 is 2.24 bits per heavy atom. The van der Waals surface area contributed by atoms with Gasteiger partial charge in [0, 0.05) is 25.7 Å². The van der Waals surface area contributed by atoms with Gasteiger partial charge in [-0.25, -0.2) is 0 Å². The van der Waals surface area contributed by atoms with Crippen LogP contribution >= 0.6 is 24.0 Å². The van der Waals surface area contributed by atoms with Crippen molar-refractivity contribution in [2.24, 2.45) is 10.9 Å². The lowest BCUT2D eigenvalue weighted by atomic mass is 9.93. The first kappa shape index (κ1) is 20.7. The molecule has 0 saturated carbocycles. The molecule has 1 aliphatic carbocycles. The normalized spacial score (nSPS) is 17.2. The van der Waals surface area contributed by atoms with E-state index in [4.69, 9.17) is 0 Å². The molecule has 0 aromatic rings. The highest BCUT2D eigenvalue weighted by molar-refractivity contribution is 14.0. The van der Waals surface area contributed by atoms with Crippen molar-refractivity contribution >= 4 is 29.9 Å². The van der Waals surface area contributed by atoms with Crippen LogP contribution in [0, 0.1) is 5.92 Å². The molecule has 0 heterocycles. The third-order valence-corrected chi connectivity index (χ3v) is 4.31. The van der Waals surface area contributed by atoms with E-state index >= 15 is 0 Å². The lowest BCUT2D eigenvalue weighted by molar-refractivity contribution is 0.200. The molecule has 1 aliphatic rings. The number of aliphatic imine (C=N–C) groups is 1. The van der Waals surface area contributed by atoms with E-state index in [1.165, 1.54) is 12.8 Å². The molecule has 2 N–H and O–H groups in total. The van der Waals surface area contributed by atoms with Gasteiger partial charge in [0.05, 0.1) is 0 Å². The van der Waals surface area contributed by atoms with Gasteiger partial charge in [0.25, 0.3) is 0 Å². The number of hydrogen-bond donors (Lipinski definition) is 2. The molecule has 4 nitrogen and oxygen atoms in total. The van der Waals surface area contributed by atoms with Crippen molar-refractivity contribution in [3.8, 4) is 0 Å². The van der Waals surface area contributed by atoms with Crippen molar-refractivity contribution < 1.29 is 0 Å². The van der Waals surface area contributed by atoms with Crippen LogP contribution in [0.25, 0.3) is 0 Å². The van der Waals surface area contributed by atoms with E-state index in [1.807, 2.05) is 7.05 Å². The van der Waals surface area contributed by atoms with Crippen LogP contribution in [0.3, 0.4) is 0 Å². The summed E-state index contributed by atoms with van der Waals surface area (Å²) >= 11 is 0. The summed E-state index contributed by atoms with van der Waals surface area (Å²) in [4.78, 5) is 6.67. The van der Waals surface area contributed by atoms with Crippen LogP contribution in [-0.2, 0) is 0 Å². The zero-order valence-electron chi connectivity index (χ0n) is 14.2. The number of nitrogens with zero attached hydrogens (tertiary/aromatic N) is 2. The lowest BCUT2D eigenvalue weighted by Gasteiger charge is -2.32. The maximum absolute atomic E-state index is 4.34. The number of rotatable bonds is 7. The fraction of sp³-hybridized carbons (Fsp3) is 0.812. The third-order valence-electron chi connectivity index (χ3n) is 4.31. The Balaban J connectivity index is 0.00000400. The van der Waals surface area contributed by atoms with Crippen molar-refractivity contribution in [2.45, 2.75) is 51.6 Å². The fourth-order valence-electron chi connectivity index (χ4n) is 2.93. The molecule has 5 heteroatoms. The van der Waals surface area contributed by atoms with E-state index < -0.39 is 0 Å². The Morgan fingerprint density at radius 1 is 1.24 bits per heavy atom. The predicted molar refractivity (Wildman–Crippen MR) is 104 cm³/mol. The molecule has 1 unspecified atom stereocenters. The molecule has 0 bridgehead atoms. The van der Waals surface area contributed by atoms with Crippen LogP contribution in [-0.4, -0.2) is 50.6 Å². The van der Waals surface area contributed by atoms with Crippen LogP contribution < -0.4 is 10.6 Å². The number of guanidine groups is 1. The van der Waals surface area contributed by atoms with Gasteiger partial charge >= 0.3 is 0 Å². The molecule has 21 heavy (non-hydrogen) atoms. The summed E-state index contributed by atoms with van der Waals surface area (Å²) in [6.07, 6.45) is 9.11. The molecule has 0 aliphatic heterocycles. The molecule has 124 valence electrons. The first-order valence-electron chi connectivity index (χ1n) is 7.90. The van der Waals surface area contributed by atoms with E-state index in [9.17, 15) is 0 Å². The summed E-state index contributed by atoms with van der Waals surface area (Å²) in [6.45, 7) is 5.50. The Hall–Kier alpha value is -0.300. The maximum atomic E-state index is 4.34. The average molecular weight is 408 g/mol. The second-order valence-corrected chi connectivity index (χ2v) is 5.84. The summed E-state index contributed by atoms with van der Waals surface area (Å²) in [5.74, 6) is 1.65. The number of hydrogen-bond acceptors (Lipinski definition) is 2. The highest BCUT2D eigenvalue weighted by atomic mass is 127. The molecule has 0 spiro atoms. The fourth-order valence-corrected chi connectivity index (χ4v) is 2.93. The lowest BCUT2D eigenvalue weighted by Crippen LogP contribution is -2.49. The summed E-state index contributed by atoms with van der Waals surface area (Å²) < 4.78 is 0. The van der Waals surface area contributed by atoms with Gasteiger partial charge in [-0.1, -0.05) is 38.8 Å². The van der Waals surface area contributed by atoms with E-state index in [-0.39, 0.29) is 24.0 Å². The van der Waals surface area contributed by atoms with Gasteiger partial charge in [-0.05, 0) is 32.9 Å². The second-order valence-electron chi connectivity index (χ2n) is 5.84. The summed E-state index contributed by atoms with van der Waals surface area (Å²) in [6, 6.07) is 1.05. The summed E-state index contributed by atoms with van der Waals surface area (Å²) in [7, 11) is 6.18. The topological polar surface area (TPSA) is 39.7 Å². The molecule has 0 aromatic heterocycles. The Bertz CT molecular complexity index is 316. The molecule has 1 atom stereocenters. The second kappa shape index (κ2) is 11.3. The van der Waals surface area contributed by atoms with Crippen LogP contribution in [0.1, 0.15) is 39.5 Å². The maximum Gasteiger partial charge on any atom is 0.191 e. The van der Waals surface area contributed by atoms with Crippen molar-refractivity contribution in [2.75, 3.05) is 27.7 Å². The summed E-state index contributed by atoms with van der Waals surface area (Å²) in [5.41, 5.74) is 0. The molecule has 0 aromatic carbocycles. The van der Waals surface area contributed by atoms with Crippen LogP contribution in [0.2, 0.25) is 0 Å². The minimum Gasteiger partial charge on any atom is -0.355 e. The minimum atomic E-state index is 0. The van der Waals surface area contributed by atoms with Gasteiger partial charge in [0.2, 0.25) is 0 Å². The Morgan fingerprint density at radius 2 is 1.81 bits per heavy atom. The van der Waals surface area contributed by atoms with Crippen LogP contribution in [0.5, 0.6) is 0 Å². The van der Waals surface area contributed by atoms with Gasteiger partial charge in [0.15, 0.2) is 5.96 Å². The molecular weight excluding hydrogens is 375 g/mol. The first-order chi connectivity index (χ1) is 9.62. The van der Waals surface area contributed by atoms with Gasteiger partial charge in [-0.3, -0.25) is 4.99 Å². The van der Waals surface area contributed by atoms with Crippen LogP contribution in [0.15, 0.2) is 17.1 Å². The first-order valence-corrected chi connectivity index (χ1v) is 7.90. The number of halogens is 1. The Labute approximate surface area is 147 Å². The smallest absolute Gasteiger partial charge is 0.191 e. The summed E-state index contributed by atoms with van der Waals surface area (Å²) in [5, 5.41) is 6.99. The van der Waals surface area contributed by atoms with E-state index in [0.717, 1.165) is 31.3 Å². The van der Waals surface area contributed by atoms with Gasteiger partial charge in [-0.15, -0.1) is 24.0 Å². The molecule has 0 fully saturated rings. The van der Waals surface area contributed by atoms with E-state index in [1.54, 1.807) is 0 Å². The van der Waals surface area contributed by atoms with Gasteiger partial charge in [0.1, 0.15) is 0 Å². The molecular formula is C16H33IN4. The van der Waals surface area contributed by atoms with Crippen LogP contribution in [0.4, 0.5) is 0 Å². The zero-order chi connectivity index (χ0) is 15.0. The number of likely N-dealkylation sites (N-methyl/N-ethyl adjacent to an activating group) is 1. The van der Waals surface area contributed by atoms with Crippen molar-refractivity contribution in [1.82, 2.24) is 15.5 Å². The predicted octanol–water partition coefficient (Wildman–Crippen LogP) is 2.85. The number of nitrogens with one attached hydrogen (secondary N) is 2. The van der Waals surface area contributed by atoms with Gasteiger partial charge in [-0.2, -0.15) is 0 Å². The van der Waals surface area contributed by atoms with Gasteiger partial charge < -0.3 is 15.5 Å². The highest BCUT2D eigenvalue weighted by Gasteiger charge is 2.21. The van der Waals surface area contributed by atoms with Crippen molar-refractivity contribution in [3.05, 3.63) is 12.2 Å². The SMILES string of the molecule is CCC(CC)C(CNC(=NC)NC1CC=CC1)N(C)C.I. The minimum absolute atomic E-state index is 0. The largest absolute Gasteiger partial charge is 0.355 e. The quantitative estimate of drug-likeness (QED) is 0.295. The monoisotopic (exact) mass is 408 g/mol. The Kier molecular flexibility index (Phi) is 11.1. The molecule has 0 saturated heterocycles. The highest BCUT2D eigenvalue weighted by Crippen LogP contribution is 2.16. The molecule has 1 rings (SSSR count). The van der Waals surface area contributed by atoms with Crippen molar-refractivity contribution in [3.63, 3.8) is 0 Å². The standard InChI is InChI=1S/C16H32N4.HI/c1-6-13(7-2)15(20(4)5)12-18-16(17-3)19-14-10-8-9-11-14;/h8-9,13-15H,6-7,10-12H2,1-5H3,(H2,17,18,19);1H. The average Bonchev–Trinajstić information content (AvgIpc) is 2.94.